The smallest absolute Gasteiger partial charge is 0.408 e. The maximum Gasteiger partial charge on any atom is 0.408 e. The minimum atomic E-state index is -1.27. The summed E-state index contributed by atoms with van der Waals surface area (Å²) in [5, 5.41) is 11.3. The number of benzene rings is 1. The Kier molecular flexibility index (Phi) is 5.71. The van der Waals surface area contributed by atoms with Crippen LogP contribution < -0.4 is 5.32 Å². The molecule has 1 rings (SSSR count). The van der Waals surface area contributed by atoms with E-state index in [0.717, 1.165) is 0 Å². The number of carboxylic acid groups (broad SMARTS) is 1. The number of halogens is 2. The quantitative estimate of drug-likeness (QED) is 0.863. The molecule has 1 amide bonds. The van der Waals surface area contributed by atoms with Crippen LogP contribution in [0.2, 0.25) is 0 Å². The molecule has 2 N–H and O–H groups in total. The second-order valence-corrected chi connectivity index (χ2v) is 6.39. The second kappa shape index (κ2) is 6.89. The monoisotopic (exact) mass is 361 g/mol. The zero-order valence-corrected chi connectivity index (χ0v) is 13.5. The molecule has 116 valence electrons. The van der Waals surface area contributed by atoms with Gasteiger partial charge in [0.2, 0.25) is 0 Å². The molecular formula is C14H17BrFNO4. The van der Waals surface area contributed by atoms with E-state index in [-0.39, 0.29) is 12.0 Å². The maximum atomic E-state index is 13.7. The van der Waals surface area contributed by atoms with E-state index < -0.39 is 29.5 Å². The van der Waals surface area contributed by atoms with Crippen molar-refractivity contribution < 1.29 is 23.8 Å². The standard InChI is InChI=1S/C14H17BrFNO4/c1-14(2,3)21-13(20)17-11(12(18)19)6-8-4-5-9(15)7-10(8)16/h4-5,7,11H,6H2,1-3H3,(H,17,20)(H,18,19). The molecule has 0 aliphatic heterocycles. The number of aliphatic carboxylic acids is 1. The van der Waals surface area contributed by atoms with E-state index in [0.29, 0.717) is 4.47 Å². The van der Waals surface area contributed by atoms with Gasteiger partial charge in [-0.15, -0.1) is 0 Å². The van der Waals surface area contributed by atoms with Crippen LogP contribution in [0.5, 0.6) is 0 Å². The van der Waals surface area contributed by atoms with Crippen LogP contribution in [0.3, 0.4) is 0 Å². The van der Waals surface area contributed by atoms with E-state index in [1.165, 1.54) is 12.1 Å². The van der Waals surface area contributed by atoms with Crippen molar-refractivity contribution in [2.24, 2.45) is 0 Å². The Hall–Kier alpha value is -1.63. The van der Waals surface area contributed by atoms with Crippen LogP contribution in [0.4, 0.5) is 9.18 Å². The lowest BCUT2D eigenvalue weighted by Gasteiger charge is -2.22. The van der Waals surface area contributed by atoms with Gasteiger partial charge in [0.25, 0.3) is 0 Å². The summed E-state index contributed by atoms with van der Waals surface area (Å²) in [7, 11) is 0. The van der Waals surface area contributed by atoms with Gasteiger partial charge in [0, 0.05) is 10.9 Å². The van der Waals surface area contributed by atoms with Gasteiger partial charge in [0.1, 0.15) is 17.5 Å². The van der Waals surface area contributed by atoms with Crippen molar-refractivity contribution in [3.8, 4) is 0 Å². The van der Waals surface area contributed by atoms with Crippen molar-refractivity contribution in [1.29, 1.82) is 0 Å². The highest BCUT2D eigenvalue weighted by Gasteiger charge is 2.25. The first-order chi connectivity index (χ1) is 9.58. The molecule has 0 radical (unpaired) electrons. The predicted molar refractivity (Wildman–Crippen MR) is 78.6 cm³/mol. The number of hydrogen-bond acceptors (Lipinski definition) is 3. The van der Waals surface area contributed by atoms with E-state index in [9.17, 15) is 14.0 Å². The highest BCUT2D eigenvalue weighted by Crippen LogP contribution is 2.17. The number of rotatable bonds is 4. The fraction of sp³-hybridized carbons (Fsp3) is 0.429. The van der Waals surface area contributed by atoms with E-state index in [1.54, 1.807) is 26.8 Å². The molecule has 1 atom stereocenters. The number of amides is 1. The Balaban J connectivity index is 2.79. The lowest BCUT2D eigenvalue weighted by Crippen LogP contribution is -2.44. The maximum absolute atomic E-state index is 13.7. The average Bonchev–Trinajstić information content (AvgIpc) is 2.28. The second-order valence-electron chi connectivity index (χ2n) is 5.48. The van der Waals surface area contributed by atoms with Gasteiger partial charge in [0.05, 0.1) is 0 Å². The number of alkyl carbamates (subject to hydrolysis) is 1. The number of carboxylic acids is 1. The molecule has 5 nitrogen and oxygen atoms in total. The Morgan fingerprint density at radius 2 is 2.05 bits per heavy atom. The summed E-state index contributed by atoms with van der Waals surface area (Å²) in [5.74, 6) is -1.80. The zero-order chi connectivity index (χ0) is 16.2. The lowest BCUT2D eigenvalue weighted by atomic mass is 10.1. The normalized spacial score (nSPS) is 12.6. The number of carbonyl (C=O) groups is 2. The van der Waals surface area contributed by atoms with Crippen LogP contribution in [0, 0.1) is 5.82 Å². The molecular weight excluding hydrogens is 345 g/mol. The van der Waals surface area contributed by atoms with Crippen molar-refractivity contribution in [2.45, 2.75) is 38.8 Å². The number of ether oxygens (including phenoxy) is 1. The lowest BCUT2D eigenvalue weighted by molar-refractivity contribution is -0.139. The molecule has 0 bridgehead atoms. The first-order valence-corrected chi connectivity index (χ1v) is 7.04. The molecule has 0 saturated carbocycles. The predicted octanol–water partition coefficient (Wildman–Crippen LogP) is 3.11. The van der Waals surface area contributed by atoms with Crippen molar-refractivity contribution in [3.05, 3.63) is 34.1 Å². The van der Waals surface area contributed by atoms with Crippen molar-refractivity contribution >= 4 is 28.0 Å². The Morgan fingerprint density at radius 1 is 1.43 bits per heavy atom. The van der Waals surface area contributed by atoms with Crippen LogP contribution in [0.25, 0.3) is 0 Å². The van der Waals surface area contributed by atoms with Crippen LogP contribution in [-0.4, -0.2) is 28.8 Å². The van der Waals surface area contributed by atoms with Crippen molar-refractivity contribution in [3.63, 3.8) is 0 Å². The highest BCUT2D eigenvalue weighted by atomic mass is 79.9. The SMILES string of the molecule is CC(C)(C)OC(=O)NC(Cc1ccc(Br)cc1F)C(=O)O. The Bertz CT molecular complexity index is 542. The number of nitrogens with one attached hydrogen (secondary N) is 1. The third-order valence-corrected chi connectivity index (χ3v) is 2.92. The van der Waals surface area contributed by atoms with Crippen LogP contribution in [0.1, 0.15) is 26.3 Å². The van der Waals surface area contributed by atoms with Gasteiger partial charge in [-0.25, -0.2) is 14.0 Å². The summed E-state index contributed by atoms with van der Waals surface area (Å²) in [6, 6.07) is 3.04. The van der Waals surface area contributed by atoms with Gasteiger partial charge in [-0.2, -0.15) is 0 Å². The first-order valence-electron chi connectivity index (χ1n) is 6.25. The molecule has 1 aromatic rings. The first kappa shape index (κ1) is 17.4. The summed E-state index contributed by atoms with van der Waals surface area (Å²) in [5.41, 5.74) is -0.544. The topological polar surface area (TPSA) is 75.6 Å². The third-order valence-electron chi connectivity index (χ3n) is 2.43. The van der Waals surface area contributed by atoms with Gasteiger partial charge in [-0.1, -0.05) is 22.0 Å². The summed E-state index contributed by atoms with van der Waals surface area (Å²) in [4.78, 5) is 22.8. The van der Waals surface area contributed by atoms with Crippen LogP contribution >= 0.6 is 15.9 Å². The average molecular weight is 362 g/mol. The van der Waals surface area contributed by atoms with E-state index in [4.69, 9.17) is 9.84 Å². The zero-order valence-electron chi connectivity index (χ0n) is 11.9. The number of hydrogen-bond donors (Lipinski definition) is 2. The third kappa shape index (κ3) is 6.12. The molecule has 0 aromatic heterocycles. The molecule has 0 heterocycles. The van der Waals surface area contributed by atoms with Crippen LogP contribution in [-0.2, 0) is 16.0 Å². The van der Waals surface area contributed by atoms with Gasteiger partial charge in [-0.05, 0) is 38.5 Å². The van der Waals surface area contributed by atoms with Gasteiger partial charge in [0.15, 0.2) is 0 Å². The van der Waals surface area contributed by atoms with Crippen molar-refractivity contribution in [1.82, 2.24) is 5.32 Å². The van der Waals surface area contributed by atoms with Crippen LogP contribution in [0.15, 0.2) is 22.7 Å². The molecule has 0 fully saturated rings. The Morgan fingerprint density at radius 3 is 2.52 bits per heavy atom. The highest BCUT2D eigenvalue weighted by molar-refractivity contribution is 9.10. The number of carbonyl (C=O) groups excluding carboxylic acids is 1. The van der Waals surface area contributed by atoms with E-state index in [1.807, 2.05) is 0 Å². The van der Waals surface area contributed by atoms with Gasteiger partial charge >= 0.3 is 12.1 Å². The van der Waals surface area contributed by atoms with E-state index >= 15 is 0 Å². The van der Waals surface area contributed by atoms with Crippen molar-refractivity contribution in [2.75, 3.05) is 0 Å². The fourth-order valence-electron chi connectivity index (χ4n) is 1.56. The molecule has 1 aromatic carbocycles. The molecule has 1 unspecified atom stereocenters. The minimum absolute atomic E-state index is 0.173. The fourth-order valence-corrected chi connectivity index (χ4v) is 1.89. The molecule has 7 heteroatoms. The minimum Gasteiger partial charge on any atom is -0.480 e. The molecule has 21 heavy (non-hydrogen) atoms. The summed E-state index contributed by atoms with van der Waals surface area (Å²) in [6.45, 7) is 4.99. The van der Waals surface area contributed by atoms with Gasteiger partial charge < -0.3 is 15.2 Å². The largest absolute Gasteiger partial charge is 0.480 e. The summed E-state index contributed by atoms with van der Waals surface area (Å²) >= 11 is 3.12. The Labute approximate surface area is 130 Å². The molecule has 0 aliphatic rings. The molecule has 0 aliphatic carbocycles. The van der Waals surface area contributed by atoms with E-state index in [2.05, 4.69) is 21.2 Å². The molecule has 0 spiro atoms. The summed E-state index contributed by atoms with van der Waals surface area (Å²) in [6.07, 6.45) is -1.03. The molecule has 0 saturated heterocycles. The van der Waals surface area contributed by atoms with Gasteiger partial charge in [-0.3, -0.25) is 0 Å². The summed E-state index contributed by atoms with van der Waals surface area (Å²) < 4.78 is 19.3.